The number of ketones is 1. The third kappa shape index (κ3) is 3.60. The third-order valence-corrected chi connectivity index (χ3v) is 4.87. The van der Waals surface area contributed by atoms with Crippen molar-refractivity contribution < 1.29 is 9.53 Å². The van der Waals surface area contributed by atoms with E-state index in [1.807, 2.05) is 41.9 Å². The van der Waals surface area contributed by atoms with Crippen molar-refractivity contribution >= 4 is 17.5 Å². The number of carbonyl (C=O) groups excluding carboxylic acids is 1. The molecule has 0 unspecified atom stereocenters. The zero-order chi connectivity index (χ0) is 18.5. The number of ether oxygens (including phenoxy) is 1. The van der Waals surface area contributed by atoms with Gasteiger partial charge in [-0.15, -0.1) is 10.2 Å². The summed E-state index contributed by atoms with van der Waals surface area (Å²) in [5, 5.41) is 17.9. The number of Topliss-reactive ketones (excluding diaryl/α,β-unsaturated/α-hetero) is 1. The van der Waals surface area contributed by atoms with Crippen molar-refractivity contribution in [1.29, 1.82) is 5.26 Å². The van der Waals surface area contributed by atoms with Crippen LogP contribution in [0.3, 0.4) is 0 Å². The molecular weight excluding hydrogens is 348 g/mol. The summed E-state index contributed by atoms with van der Waals surface area (Å²) in [4.78, 5) is 12.3. The number of benzene rings is 2. The van der Waals surface area contributed by atoms with Crippen molar-refractivity contribution in [3.05, 3.63) is 59.7 Å². The predicted octanol–water partition coefficient (Wildman–Crippen LogP) is 3.34. The average molecular weight is 364 g/mol. The highest BCUT2D eigenvalue weighted by molar-refractivity contribution is 7.99. The fourth-order valence-corrected chi connectivity index (χ4v) is 3.25. The number of hydrogen-bond acceptors (Lipinski definition) is 6. The van der Waals surface area contributed by atoms with E-state index in [-0.39, 0.29) is 11.5 Å². The molecule has 0 aliphatic heterocycles. The van der Waals surface area contributed by atoms with Gasteiger partial charge < -0.3 is 9.30 Å². The Hall–Kier alpha value is -3.11. The van der Waals surface area contributed by atoms with E-state index >= 15 is 0 Å². The first-order valence-electron chi connectivity index (χ1n) is 7.83. The Balaban J connectivity index is 1.74. The molecule has 0 spiro atoms. The minimum absolute atomic E-state index is 0.0265. The minimum Gasteiger partial charge on any atom is -0.496 e. The first kappa shape index (κ1) is 17.7. The molecule has 0 fully saturated rings. The zero-order valence-electron chi connectivity index (χ0n) is 14.3. The van der Waals surface area contributed by atoms with Gasteiger partial charge in [0.2, 0.25) is 0 Å². The second-order valence-electron chi connectivity index (χ2n) is 5.47. The number of aromatic nitrogens is 3. The highest BCUT2D eigenvalue weighted by Crippen LogP contribution is 2.30. The molecule has 0 atom stereocenters. The molecule has 0 aliphatic rings. The average Bonchev–Trinajstić information content (AvgIpc) is 3.06. The monoisotopic (exact) mass is 364 g/mol. The molecule has 1 heterocycles. The molecule has 3 rings (SSSR count). The maximum Gasteiger partial charge on any atom is 0.191 e. The summed E-state index contributed by atoms with van der Waals surface area (Å²) in [6, 6.07) is 16.2. The number of rotatable bonds is 6. The lowest BCUT2D eigenvalue weighted by atomic mass is 10.1. The molecule has 0 N–H and O–H groups in total. The van der Waals surface area contributed by atoms with Crippen molar-refractivity contribution in [2.75, 3.05) is 12.9 Å². The molecule has 26 heavy (non-hydrogen) atoms. The van der Waals surface area contributed by atoms with E-state index in [0.29, 0.717) is 27.9 Å². The van der Waals surface area contributed by atoms with Gasteiger partial charge in [-0.1, -0.05) is 36.0 Å². The molecule has 6 nitrogen and oxygen atoms in total. The Morgan fingerprint density at radius 1 is 1.19 bits per heavy atom. The highest BCUT2D eigenvalue weighted by atomic mass is 32.2. The largest absolute Gasteiger partial charge is 0.496 e. The van der Waals surface area contributed by atoms with Crippen LogP contribution in [0.25, 0.3) is 11.4 Å². The standard InChI is InChI=1S/C19H16N4O2S/c1-23-18(15-5-3-4-6-17(15)25-2)21-22-19(23)26-12-16(24)14-9-7-13(11-20)8-10-14/h3-10H,12H2,1-2H3. The molecular formula is C19H16N4O2S. The van der Waals surface area contributed by atoms with Gasteiger partial charge in [-0.2, -0.15) is 5.26 Å². The summed E-state index contributed by atoms with van der Waals surface area (Å²) in [6.07, 6.45) is 0. The van der Waals surface area contributed by atoms with Gasteiger partial charge in [-0.25, -0.2) is 0 Å². The van der Waals surface area contributed by atoms with Crippen molar-refractivity contribution in [1.82, 2.24) is 14.8 Å². The fourth-order valence-electron chi connectivity index (χ4n) is 2.45. The van der Waals surface area contributed by atoms with Gasteiger partial charge in [0, 0.05) is 12.6 Å². The van der Waals surface area contributed by atoms with E-state index < -0.39 is 0 Å². The Kier molecular flexibility index (Phi) is 5.34. The minimum atomic E-state index is -0.0265. The molecule has 3 aromatic rings. The number of methoxy groups -OCH3 is 1. The molecule has 0 aliphatic carbocycles. The molecule has 0 bridgehead atoms. The summed E-state index contributed by atoms with van der Waals surface area (Å²) in [7, 11) is 3.47. The maximum atomic E-state index is 12.3. The number of nitrogens with zero attached hydrogens (tertiary/aromatic N) is 4. The third-order valence-electron chi connectivity index (χ3n) is 3.85. The van der Waals surface area contributed by atoms with Crippen molar-refractivity contribution in [3.8, 4) is 23.2 Å². The summed E-state index contributed by atoms with van der Waals surface area (Å²) in [6.45, 7) is 0. The van der Waals surface area contributed by atoms with Gasteiger partial charge in [-0.05, 0) is 24.3 Å². The molecule has 2 aromatic carbocycles. The number of hydrogen-bond donors (Lipinski definition) is 0. The lowest BCUT2D eigenvalue weighted by Crippen LogP contribution is -2.04. The molecule has 7 heteroatoms. The Morgan fingerprint density at radius 3 is 2.62 bits per heavy atom. The highest BCUT2D eigenvalue weighted by Gasteiger charge is 2.16. The van der Waals surface area contributed by atoms with Crippen LogP contribution < -0.4 is 4.74 Å². The number of nitriles is 1. The molecule has 130 valence electrons. The number of thioether (sulfide) groups is 1. The van der Waals surface area contributed by atoms with Crippen LogP contribution in [0.4, 0.5) is 0 Å². The van der Waals surface area contributed by atoms with E-state index in [9.17, 15) is 4.79 Å². The molecule has 0 saturated carbocycles. The van der Waals surface area contributed by atoms with Crippen molar-refractivity contribution in [3.63, 3.8) is 0 Å². The fraction of sp³-hybridized carbons (Fsp3) is 0.158. The van der Waals surface area contributed by atoms with E-state index in [1.165, 1.54) is 11.8 Å². The lowest BCUT2D eigenvalue weighted by Gasteiger charge is -2.08. The van der Waals surface area contributed by atoms with Gasteiger partial charge in [0.25, 0.3) is 0 Å². The second-order valence-corrected chi connectivity index (χ2v) is 6.41. The van der Waals surface area contributed by atoms with E-state index in [0.717, 1.165) is 5.56 Å². The van der Waals surface area contributed by atoms with Gasteiger partial charge in [0.05, 0.1) is 30.1 Å². The predicted molar refractivity (Wildman–Crippen MR) is 99.2 cm³/mol. The molecule has 1 aromatic heterocycles. The van der Waals surface area contributed by atoms with Crippen LogP contribution in [0.1, 0.15) is 15.9 Å². The number of carbonyl (C=O) groups is 1. The summed E-state index contributed by atoms with van der Waals surface area (Å²) in [5.41, 5.74) is 1.95. The van der Waals surface area contributed by atoms with Crippen LogP contribution in [0, 0.1) is 11.3 Å². The van der Waals surface area contributed by atoms with Crippen molar-refractivity contribution in [2.45, 2.75) is 5.16 Å². The van der Waals surface area contributed by atoms with E-state index in [4.69, 9.17) is 10.00 Å². The molecule has 0 radical (unpaired) electrons. The lowest BCUT2D eigenvalue weighted by molar-refractivity contribution is 0.102. The first-order valence-corrected chi connectivity index (χ1v) is 8.81. The maximum absolute atomic E-state index is 12.3. The summed E-state index contributed by atoms with van der Waals surface area (Å²) in [5.74, 6) is 1.61. The molecule has 0 saturated heterocycles. The van der Waals surface area contributed by atoms with Gasteiger partial charge in [0.15, 0.2) is 16.8 Å². The van der Waals surface area contributed by atoms with Crippen LogP contribution in [-0.2, 0) is 7.05 Å². The van der Waals surface area contributed by atoms with Gasteiger partial charge >= 0.3 is 0 Å². The summed E-state index contributed by atoms with van der Waals surface area (Å²) >= 11 is 1.32. The normalized spacial score (nSPS) is 10.3. The van der Waals surface area contributed by atoms with Crippen LogP contribution in [0.5, 0.6) is 5.75 Å². The Labute approximate surface area is 155 Å². The van der Waals surface area contributed by atoms with Gasteiger partial charge in [0.1, 0.15) is 5.75 Å². The van der Waals surface area contributed by atoms with Crippen LogP contribution in [-0.4, -0.2) is 33.4 Å². The van der Waals surface area contributed by atoms with Crippen LogP contribution >= 0.6 is 11.8 Å². The van der Waals surface area contributed by atoms with Crippen LogP contribution in [0.2, 0.25) is 0 Å². The van der Waals surface area contributed by atoms with E-state index in [1.54, 1.807) is 31.4 Å². The Bertz CT molecular complexity index is 974. The molecule has 0 amide bonds. The quantitative estimate of drug-likeness (QED) is 0.493. The SMILES string of the molecule is COc1ccccc1-c1nnc(SCC(=O)c2ccc(C#N)cc2)n1C. The van der Waals surface area contributed by atoms with E-state index in [2.05, 4.69) is 10.2 Å². The van der Waals surface area contributed by atoms with Crippen molar-refractivity contribution in [2.24, 2.45) is 7.05 Å². The Morgan fingerprint density at radius 2 is 1.92 bits per heavy atom. The number of para-hydroxylation sites is 1. The topological polar surface area (TPSA) is 80.8 Å². The first-order chi connectivity index (χ1) is 12.6. The zero-order valence-corrected chi connectivity index (χ0v) is 15.2. The van der Waals surface area contributed by atoms with Crippen LogP contribution in [0.15, 0.2) is 53.7 Å². The smallest absolute Gasteiger partial charge is 0.191 e. The second kappa shape index (κ2) is 7.85. The summed E-state index contributed by atoms with van der Waals surface area (Å²) < 4.78 is 7.22. The van der Waals surface area contributed by atoms with Gasteiger partial charge in [-0.3, -0.25) is 4.79 Å².